The van der Waals surface area contributed by atoms with E-state index < -0.39 is 10.0 Å². The first-order chi connectivity index (χ1) is 11.0. The van der Waals surface area contributed by atoms with Crippen molar-refractivity contribution in [2.75, 3.05) is 11.3 Å². The fourth-order valence-electron chi connectivity index (χ4n) is 2.00. The lowest BCUT2D eigenvalue weighted by Crippen LogP contribution is -2.12. The van der Waals surface area contributed by atoms with Crippen LogP contribution in [0.25, 0.3) is 0 Å². The monoisotopic (exact) mass is 335 g/mol. The first-order valence-corrected chi connectivity index (χ1v) is 9.04. The molecule has 0 radical (unpaired) electrons. The van der Waals surface area contributed by atoms with Crippen molar-refractivity contribution in [3.8, 4) is 11.5 Å². The Bertz CT molecular complexity index is 709. The Morgan fingerprint density at radius 2 is 1.65 bits per heavy atom. The maximum absolute atomic E-state index is 12.3. The van der Waals surface area contributed by atoms with Crippen LogP contribution in [0.1, 0.15) is 26.2 Å². The van der Waals surface area contributed by atoms with Crippen molar-refractivity contribution in [3.63, 3.8) is 0 Å². The fourth-order valence-corrected chi connectivity index (χ4v) is 3.06. The maximum atomic E-state index is 12.3. The molecular weight excluding hydrogens is 314 g/mol. The van der Waals surface area contributed by atoms with Crippen molar-refractivity contribution in [2.24, 2.45) is 0 Å². The Hall–Kier alpha value is -2.21. The molecule has 2 rings (SSSR count). The predicted octanol–water partition coefficient (Wildman–Crippen LogP) is 3.76. The molecule has 0 aliphatic heterocycles. The summed E-state index contributed by atoms with van der Waals surface area (Å²) < 4.78 is 32.6. The minimum Gasteiger partial charge on any atom is -0.508 e. The topological polar surface area (TPSA) is 75.6 Å². The van der Waals surface area contributed by atoms with Crippen molar-refractivity contribution in [1.29, 1.82) is 0 Å². The molecule has 0 saturated carbocycles. The average Bonchev–Trinajstić information content (AvgIpc) is 2.54. The van der Waals surface area contributed by atoms with E-state index in [0.717, 1.165) is 19.3 Å². The quantitative estimate of drug-likeness (QED) is 0.569. The van der Waals surface area contributed by atoms with Crippen molar-refractivity contribution >= 4 is 15.7 Å². The van der Waals surface area contributed by atoms with E-state index in [4.69, 9.17) is 4.74 Å². The van der Waals surface area contributed by atoms with Crippen molar-refractivity contribution < 1.29 is 18.3 Å². The van der Waals surface area contributed by atoms with Crippen LogP contribution < -0.4 is 9.46 Å². The minimum absolute atomic E-state index is 0.0810. The molecule has 124 valence electrons. The lowest BCUT2D eigenvalue weighted by Gasteiger charge is -2.10. The van der Waals surface area contributed by atoms with E-state index in [1.54, 1.807) is 12.1 Å². The van der Waals surface area contributed by atoms with Gasteiger partial charge in [-0.2, -0.15) is 0 Å². The van der Waals surface area contributed by atoms with Crippen LogP contribution in [0, 0.1) is 0 Å². The van der Waals surface area contributed by atoms with Gasteiger partial charge in [0.25, 0.3) is 10.0 Å². The third kappa shape index (κ3) is 5.17. The first-order valence-electron chi connectivity index (χ1n) is 7.56. The van der Waals surface area contributed by atoms with E-state index in [1.807, 2.05) is 0 Å². The number of hydrogen-bond acceptors (Lipinski definition) is 4. The highest BCUT2D eigenvalue weighted by Crippen LogP contribution is 2.21. The number of rotatable bonds is 8. The third-order valence-electron chi connectivity index (χ3n) is 3.27. The normalized spacial score (nSPS) is 11.2. The van der Waals surface area contributed by atoms with Gasteiger partial charge in [-0.15, -0.1) is 0 Å². The zero-order valence-electron chi connectivity index (χ0n) is 13.0. The van der Waals surface area contributed by atoms with Gasteiger partial charge in [-0.05, 0) is 55.0 Å². The molecule has 0 spiro atoms. The van der Waals surface area contributed by atoms with Crippen LogP contribution >= 0.6 is 0 Å². The number of phenolic OH excluding ortho intramolecular Hbond substituents is 1. The molecule has 2 aromatic rings. The summed E-state index contributed by atoms with van der Waals surface area (Å²) in [4.78, 5) is 0.159. The van der Waals surface area contributed by atoms with Gasteiger partial charge in [-0.25, -0.2) is 8.42 Å². The zero-order chi connectivity index (χ0) is 16.7. The Morgan fingerprint density at radius 1 is 1.00 bits per heavy atom. The second kappa shape index (κ2) is 7.87. The van der Waals surface area contributed by atoms with Crippen molar-refractivity contribution in [2.45, 2.75) is 31.1 Å². The lowest BCUT2D eigenvalue weighted by molar-refractivity contribution is 0.306. The summed E-state index contributed by atoms with van der Waals surface area (Å²) in [5.41, 5.74) is 0.391. The number of ether oxygens (including phenoxy) is 1. The third-order valence-corrected chi connectivity index (χ3v) is 4.67. The van der Waals surface area contributed by atoms with E-state index in [1.165, 1.54) is 36.4 Å². The van der Waals surface area contributed by atoms with E-state index in [2.05, 4.69) is 11.6 Å². The number of unbranched alkanes of at least 4 members (excludes halogenated alkanes) is 2. The minimum atomic E-state index is -3.66. The SMILES string of the molecule is CCCCCOc1ccc(S(=O)(=O)Nc2ccc(O)cc2)cc1. The van der Waals surface area contributed by atoms with E-state index >= 15 is 0 Å². The number of sulfonamides is 1. The van der Waals surface area contributed by atoms with E-state index in [9.17, 15) is 13.5 Å². The molecule has 5 nitrogen and oxygen atoms in total. The van der Waals surface area contributed by atoms with Crippen LogP contribution in [-0.2, 0) is 10.0 Å². The molecule has 0 saturated heterocycles. The second-order valence-corrected chi connectivity index (χ2v) is 6.86. The highest BCUT2D eigenvalue weighted by atomic mass is 32.2. The van der Waals surface area contributed by atoms with Crippen LogP contribution in [0.5, 0.6) is 11.5 Å². The van der Waals surface area contributed by atoms with E-state index in [-0.39, 0.29) is 10.6 Å². The Kier molecular flexibility index (Phi) is 5.87. The van der Waals surface area contributed by atoms with Gasteiger partial charge in [-0.3, -0.25) is 4.72 Å². The maximum Gasteiger partial charge on any atom is 0.261 e. The summed E-state index contributed by atoms with van der Waals surface area (Å²) in [6.45, 7) is 2.76. The largest absolute Gasteiger partial charge is 0.508 e. The average molecular weight is 335 g/mol. The Morgan fingerprint density at radius 3 is 2.26 bits per heavy atom. The summed E-state index contributed by atoms with van der Waals surface area (Å²) in [6.07, 6.45) is 3.23. The van der Waals surface area contributed by atoms with Gasteiger partial charge in [0.1, 0.15) is 11.5 Å². The smallest absolute Gasteiger partial charge is 0.261 e. The van der Waals surface area contributed by atoms with Crippen LogP contribution in [0.3, 0.4) is 0 Å². The van der Waals surface area contributed by atoms with Gasteiger partial charge in [0.05, 0.1) is 11.5 Å². The Balaban J connectivity index is 2.01. The van der Waals surface area contributed by atoms with Crippen LogP contribution in [0.4, 0.5) is 5.69 Å². The van der Waals surface area contributed by atoms with E-state index in [0.29, 0.717) is 18.0 Å². The van der Waals surface area contributed by atoms with Gasteiger partial charge in [-0.1, -0.05) is 19.8 Å². The molecule has 0 atom stereocenters. The highest BCUT2D eigenvalue weighted by molar-refractivity contribution is 7.92. The fraction of sp³-hybridized carbons (Fsp3) is 0.294. The molecule has 2 aromatic carbocycles. The summed E-state index contributed by atoms with van der Waals surface area (Å²) in [6, 6.07) is 12.2. The summed E-state index contributed by atoms with van der Waals surface area (Å²) in [5.74, 6) is 0.738. The number of nitrogens with one attached hydrogen (secondary N) is 1. The summed E-state index contributed by atoms with van der Waals surface area (Å²) in [5, 5.41) is 9.22. The molecule has 0 fully saturated rings. The lowest BCUT2D eigenvalue weighted by atomic mass is 10.3. The number of aromatic hydroxyl groups is 1. The number of phenols is 1. The molecule has 6 heteroatoms. The molecule has 0 aliphatic rings. The van der Waals surface area contributed by atoms with Crippen molar-refractivity contribution in [1.82, 2.24) is 0 Å². The molecule has 0 aliphatic carbocycles. The van der Waals surface area contributed by atoms with Gasteiger partial charge in [0.2, 0.25) is 0 Å². The molecule has 0 aromatic heterocycles. The molecule has 0 bridgehead atoms. The van der Waals surface area contributed by atoms with Crippen LogP contribution in [0.2, 0.25) is 0 Å². The Labute approximate surface area is 137 Å². The van der Waals surface area contributed by atoms with Crippen molar-refractivity contribution in [3.05, 3.63) is 48.5 Å². The van der Waals surface area contributed by atoms with Crippen LogP contribution in [-0.4, -0.2) is 20.1 Å². The predicted molar refractivity (Wildman–Crippen MR) is 90.4 cm³/mol. The first kappa shape index (κ1) is 17.1. The van der Waals surface area contributed by atoms with Gasteiger partial charge >= 0.3 is 0 Å². The van der Waals surface area contributed by atoms with Gasteiger partial charge in [0.15, 0.2) is 0 Å². The molecule has 23 heavy (non-hydrogen) atoms. The summed E-state index contributed by atoms with van der Waals surface area (Å²) >= 11 is 0. The summed E-state index contributed by atoms with van der Waals surface area (Å²) in [7, 11) is -3.66. The molecule has 2 N–H and O–H groups in total. The molecular formula is C17H21NO4S. The van der Waals surface area contributed by atoms with Gasteiger partial charge in [0, 0.05) is 5.69 Å². The second-order valence-electron chi connectivity index (χ2n) is 5.18. The highest BCUT2D eigenvalue weighted by Gasteiger charge is 2.14. The standard InChI is InChI=1S/C17H21NO4S/c1-2-3-4-13-22-16-9-11-17(12-10-16)23(20,21)18-14-5-7-15(19)8-6-14/h5-12,18-19H,2-4,13H2,1H3. The number of benzene rings is 2. The number of anilines is 1. The van der Waals surface area contributed by atoms with Crippen LogP contribution in [0.15, 0.2) is 53.4 Å². The molecule has 0 amide bonds. The molecule has 0 unspecified atom stereocenters. The number of hydrogen-bond donors (Lipinski definition) is 2. The van der Waals surface area contributed by atoms with Gasteiger partial charge < -0.3 is 9.84 Å². The molecule has 0 heterocycles. The zero-order valence-corrected chi connectivity index (χ0v) is 13.8.